The summed E-state index contributed by atoms with van der Waals surface area (Å²) in [5.41, 5.74) is 2.16. The van der Waals surface area contributed by atoms with Gasteiger partial charge in [-0.15, -0.1) is 0 Å². The highest BCUT2D eigenvalue weighted by molar-refractivity contribution is 6.01. The van der Waals surface area contributed by atoms with Crippen LogP contribution in [0, 0.1) is 34.5 Å². The van der Waals surface area contributed by atoms with Crippen molar-refractivity contribution in [2.75, 3.05) is 0 Å². The Morgan fingerprint density at radius 3 is 2.73 bits per heavy atom. The Bertz CT molecular complexity index is 556. The Balaban J connectivity index is 1.70. The molecule has 0 aromatic carbocycles. The van der Waals surface area contributed by atoms with Crippen molar-refractivity contribution in [2.45, 2.75) is 65.7 Å². The third kappa shape index (κ3) is 1.87. The number of rotatable bonds is 0. The fraction of sp³-hybridized carbons (Fsp3) is 0.762. The highest BCUT2D eigenvalue weighted by Crippen LogP contribution is 2.64. The molecular weight excluding hydrogens is 268 g/mol. The number of carbonyl (C=O) groups is 1. The summed E-state index contributed by atoms with van der Waals surface area (Å²) in [7, 11) is 0. The molecule has 0 N–H and O–H groups in total. The predicted molar refractivity (Wildman–Crippen MR) is 90.4 cm³/mol. The van der Waals surface area contributed by atoms with Crippen LogP contribution in [-0.2, 0) is 4.79 Å². The fourth-order valence-corrected chi connectivity index (χ4v) is 6.67. The van der Waals surface area contributed by atoms with E-state index >= 15 is 0 Å². The lowest BCUT2D eigenvalue weighted by Crippen LogP contribution is -2.53. The van der Waals surface area contributed by atoms with Crippen LogP contribution in [0.5, 0.6) is 0 Å². The van der Waals surface area contributed by atoms with Crippen molar-refractivity contribution in [3.8, 4) is 0 Å². The Morgan fingerprint density at radius 1 is 1.09 bits per heavy atom. The summed E-state index contributed by atoms with van der Waals surface area (Å²) >= 11 is 0. The van der Waals surface area contributed by atoms with E-state index in [4.69, 9.17) is 0 Å². The van der Waals surface area contributed by atoms with Crippen LogP contribution in [0.1, 0.15) is 65.7 Å². The Kier molecular flexibility index (Phi) is 3.23. The van der Waals surface area contributed by atoms with Crippen LogP contribution in [0.4, 0.5) is 0 Å². The summed E-state index contributed by atoms with van der Waals surface area (Å²) < 4.78 is 0. The van der Waals surface area contributed by atoms with Gasteiger partial charge in [-0.3, -0.25) is 4.79 Å². The zero-order chi connectivity index (χ0) is 15.5. The Hall–Kier alpha value is -0.850. The van der Waals surface area contributed by atoms with E-state index in [0.29, 0.717) is 5.41 Å². The van der Waals surface area contributed by atoms with E-state index in [1.807, 2.05) is 12.2 Å². The molecule has 3 saturated carbocycles. The molecule has 0 spiro atoms. The van der Waals surface area contributed by atoms with Crippen molar-refractivity contribution in [3.63, 3.8) is 0 Å². The van der Waals surface area contributed by atoms with Crippen LogP contribution in [-0.4, -0.2) is 5.78 Å². The minimum absolute atomic E-state index is 0.166. The molecule has 0 heterocycles. The number of fused-ring (bicyclic) bond motifs is 5. The number of hydrogen-bond acceptors (Lipinski definition) is 1. The van der Waals surface area contributed by atoms with Gasteiger partial charge in [-0.1, -0.05) is 45.3 Å². The summed E-state index contributed by atoms with van der Waals surface area (Å²) in [6.07, 6.45) is 15.6. The molecule has 1 heteroatoms. The quantitative estimate of drug-likeness (QED) is 0.591. The molecule has 6 atom stereocenters. The highest BCUT2D eigenvalue weighted by Gasteiger charge is 2.56. The molecule has 4 aliphatic rings. The second-order valence-corrected chi connectivity index (χ2v) is 8.98. The maximum atomic E-state index is 11.8. The standard InChI is InChI=1S/C21H30O/c1-14-5-4-6-18-17-8-7-15-13-16(22)9-11-21(15,3)19(17)10-12-20(14,18)2/h9,11,13-14,17-19H,4-8,10,12H2,1-3H3. The molecule has 120 valence electrons. The predicted octanol–water partition coefficient (Wildman–Crippen LogP) is 5.32. The van der Waals surface area contributed by atoms with Crippen molar-refractivity contribution in [1.82, 2.24) is 0 Å². The third-order valence-corrected chi connectivity index (χ3v) is 8.27. The number of allylic oxidation sites excluding steroid dienone is 4. The van der Waals surface area contributed by atoms with Gasteiger partial charge in [0.25, 0.3) is 0 Å². The van der Waals surface area contributed by atoms with Gasteiger partial charge in [-0.25, -0.2) is 0 Å². The van der Waals surface area contributed by atoms with Crippen molar-refractivity contribution in [1.29, 1.82) is 0 Å². The molecule has 0 saturated heterocycles. The molecular formula is C21H30O. The largest absolute Gasteiger partial charge is 0.290 e. The van der Waals surface area contributed by atoms with Gasteiger partial charge < -0.3 is 0 Å². The summed E-state index contributed by atoms with van der Waals surface area (Å²) in [6, 6.07) is 0. The van der Waals surface area contributed by atoms with Gasteiger partial charge in [0.05, 0.1) is 0 Å². The molecule has 0 bridgehead atoms. The highest BCUT2D eigenvalue weighted by atomic mass is 16.1. The van der Waals surface area contributed by atoms with E-state index in [9.17, 15) is 4.79 Å². The van der Waals surface area contributed by atoms with Crippen LogP contribution < -0.4 is 0 Å². The molecule has 0 aliphatic heterocycles. The third-order valence-electron chi connectivity index (χ3n) is 8.27. The minimum Gasteiger partial charge on any atom is -0.290 e. The van der Waals surface area contributed by atoms with Gasteiger partial charge in [0.1, 0.15) is 0 Å². The van der Waals surface area contributed by atoms with E-state index in [0.717, 1.165) is 30.1 Å². The topological polar surface area (TPSA) is 17.1 Å². The molecule has 22 heavy (non-hydrogen) atoms. The van der Waals surface area contributed by atoms with Crippen LogP contribution in [0.25, 0.3) is 0 Å². The van der Waals surface area contributed by atoms with Crippen LogP contribution >= 0.6 is 0 Å². The number of carbonyl (C=O) groups excluding carboxylic acids is 1. The van der Waals surface area contributed by atoms with Crippen LogP contribution in [0.3, 0.4) is 0 Å². The summed E-state index contributed by atoms with van der Waals surface area (Å²) in [5.74, 6) is 3.65. The van der Waals surface area contributed by atoms with Gasteiger partial charge >= 0.3 is 0 Å². The second kappa shape index (κ2) is 4.82. The maximum Gasteiger partial charge on any atom is 0.178 e. The van der Waals surface area contributed by atoms with Gasteiger partial charge in [0, 0.05) is 5.41 Å². The molecule has 0 aromatic heterocycles. The normalized spacial score (nSPS) is 50.7. The van der Waals surface area contributed by atoms with Gasteiger partial charge in [-0.2, -0.15) is 0 Å². The molecule has 4 rings (SSSR count). The first kappa shape index (κ1) is 14.7. The Morgan fingerprint density at radius 2 is 1.91 bits per heavy atom. The smallest absolute Gasteiger partial charge is 0.178 e. The van der Waals surface area contributed by atoms with Gasteiger partial charge in [0.2, 0.25) is 0 Å². The second-order valence-electron chi connectivity index (χ2n) is 8.98. The number of hydrogen-bond donors (Lipinski definition) is 0. The van der Waals surface area contributed by atoms with Gasteiger partial charge in [0.15, 0.2) is 5.78 Å². The van der Waals surface area contributed by atoms with Crippen molar-refractivity contribution < 1.29 is 4.79 Å². The SMILES string of the molecule is CC1CCCC2C3CCC4=CC(=O)C=CC4(C)C3CCC12C. The summed E-state index contributed by atoms with van der Waals surface area (Å²) in [5, 5.41) is 0. The first-order chi connectivity index (χ1) is 10.4. The molecule has 6 unspecified atom stereocenters. The molecule has 1 nitrogen and oxygen atoms in total. The Labute approximate surface area is 135 Å². The van der Waals surface area contributed by atoms with Crippen LogP contribution in [0.2, 0.25) is 0 Å². The van der Waals surface area contributed by atoms with Crippen molar-refractivity contribution >= 4 is 5.78 Å². The van der Waals surface area contributed by atoms with E-state index in [1.165, 1.54) is 44.1 Å². The van der Waals surface area contributed by atoms with Gasteiger partial charge in [-0.05, 0) is 73.3 Å². The monoisotopic (exact) mass is 298 g/mol. The first-order valence-corrected chi connectivity index (χ1v) is 9.39. The van der Waals surface area contributed by atoms with E-state index in [2.05, 4.69) is 26.8 Å². The molecule has 3 fully saturated rings. The van der Waals surface area contributed by atoms with E-state index in [-0.39, 0.29) is 11.2 Å². The lowest BCUT2D eigenvalue weighted by Gasteiger charge is -2.61. The lowest BCUT2D eigenvalue weighted by atomic mass is 9.44. The fourth-order valence-electron chi connectivity index (χ4n) is 6.67. The average molecular weight is 298 g/mol. The summed E-state index contributed by atoms with van der Waals surface area (Å²) in [4.78, 5) is 11.8. The maximum absolute atomic E-state index is 11.8. The van der Waals surface area contributed by atoms with E-state index in [1.54, 1.807) is 0 Å². The molecule has 4 aliphatic carbocycles. The zero-order valence-electron chi connectivity index (χ0n) is 14.4. The summed E-state index contributed by atoms with van der Waals surface area (Å²) in [6.45, 7) is 7.50. The van der Waals surface area contributed by atoms with Crippen molar-refractivity contribution in [3.05, 3.63) is 23.8 Å². The van der Waals surface area contributed by atoms with E-state index < -0.39 is 0 Å². The average Bonchev–Trinajstić information content (AvgIpc) is 2.49. The molecule has 0 radical (unpaired) electrons. The first-order valence-electron chi connectivity index (χ1n) is 9.39. The lowest BCUT2D eigenvalue weighted by molar-refractivity contribution is -0.111. The molecule has 0 amide bonds. The molecule has 0 aromatic rings. The number of ketones is 1. The minimum atomic E-state index is 0.166. The van der Waals surface area contributed by atoms with Crippen LogP contribution in [0.15, 0.2) is 23.8 Å². The zero-order valence-corrected chi connectivity index (χ0v) is 14.4. The van der Waals surface area contributed by atoms with Crippen molar-refractivity contribution in [2.24, 2.45) is 34.5 Å².